The Labute approximate surface area is 234 Å². The fraction of sp³-hybridized carbons (Fsp3) is 0.364. The molecule has 1 aliphatic rings. The number of hydrogen-bond acceptors (Lipinski definition) is 3. The van der Waals surface area contributed by atoms with Crippen LogP contribution in [-0.4, -0.2) is 59.6 Å². The van der Waals surface area contributed by atoms with Crippen molar-refractivity contribution in [1.82, 2.24) is 0 Å². The van der Waals surface area contributed by atoms with Gasteiger partial charge >= 0.3 is 53.8 Å². The SMILES string of the molecule is O=C(N1c2ccccc2Sc2ccc(C(=O)C(F)(F)C(F)(F)C(F)(F)C(F)(F)C(F)(F)C(F)(F)C(F)(F)F)cc21)C(F)(F)F. The molecule has 0 aliphatic carbocycles. The van der Waals surface area contributed by atoms with Crippen molar-refractivity contribution in [2.75, 3.05) is 4.90 Å². The maximum atomic E-state index is 14.5. The van der Waals surface area contributed by atoms with Crippen LogP contribution in [0.25, 0.3) is 0 Å². The van der Waals surface area contributed by atoms with Crippen molar-refractivity contribution < 1.29 is 88.6 Å². The molecule has 3 nitrogen and oxygen atoms in total. The quantitative estimate of drug-likeness (QED) is 0.215. The van der Waals surface area contributed by atoms with E-state index in [9.17, 15) is 88.6 Å². The van der Waals surface area contributed by atoms with E-state index in [1.807, 2.05) is 0 Å². The summed E-state index contributed by atoms with van der Waals surface area (Å²) in [6.45, 7) is 0. The molecule has 44 heavy (non-hydrogen) atoms. The molecule has 1 amide bonds. The lowest BCUT2D eigenvalue weighted by molar-refractivity contribution is -0.449. The fourth-order valence-corrected chi connectivity index (χ4v) is 4.57. The van der Waals surface area contributed by atoms with Crippen LogP contribution in [0.3, 0.4) is 0 Å². The Morgan fingerprint density at radius 2 is 1.00 bits per heavy atom. The molecule has 0 radical (unpaired) electrons. The summed E-state index contributed by atoms with van der Waals surface area (Å²) in [7, 11) is 0. The zero-order chi connectivity index (χ0) is 34.3. The van der Waals surface area contributed by atoms with Crippen molar-refractivity contribution in [3.8, 4) is 0 Å². The Kier molecular flexibility index (Phi) is 8.06. The van der Waals surface area contributed by atoms with E-state index in [1.54, 1.807) is 0 Å². The number of anilines is 2. The van der Waals surface area contributed by atoms with E-state index in [0.717, 1.165) is 18.2 Å². The average molecular weight is 691 g/mol. The van der Waals surface area contributed by atoms with Crippen molar-refractivity contribution in [1.29, 1.82) is 0 Å². The Morgan fingerprint density at radius 3 is 1.50 bits per heavy atom. The Balaban J connectivity index is 2.14. The topological polar surface area (TPSA) is 37.4 Å². The molecule has 3 rings (SSSR count). The number of nitrogens with zero attached hydrogens (tertiary/aromatic N) is 1. The number of amides is 1. The number of ketones is 1. The zero-order valence-electron chi connectivity index (χ0n) is 20.0. The number of rotatable bonds is 7. The lowest BCUT2D eigenvalue weighted by Crippen LogP contribution is -2.73. The van der Waals surface area contributed by atoms with Gasteiger partial charge in [0.15, 0.2) is 0 Å². The van der Waals surface area contributed by atoms with Crippen LogP contribution in [0.4, 0.5) is 90.4 Å². The van der Waals surface area contributed by atoms with Gasteiger partial charge in [0.25, 0.3) is 0 Å². The van der Waals surface area contributed by atoms with Gasteiger partial charge in [-0.2, -0.15) is 79.0 Å². The number of para-hydroxylation sites is 1. The average Bonchev–Trinajstić information content (AvgIpc) is 2.88. The molecule has 2 aromatic carbocycles. The molecule has 0 saturated carbocycles. The number of alkyl halides is 18. The summed E-state index contributed by atoms with van der Waals surface area (Å²) in [5.41, 5.74) is -3.87. The summed E-state index contributed by atoms with van der Waals surface area (Å²) in [4.78, 5) is 23.5. The second-order valence-electron chi connectivity index (χ2n) is 8.66. The third-order valence-electron chi connectivity index (χ3n) is 5.85. The molecule has 244 valence electrons. The van der Waals surface area contributed by atoms with E-state index in [4.69, 9.17) is 0 Å². The van der Waals surface area contributed by atoms with E-state index < -0.39 is 81.4 Å². The van der Waals surface area contributed by atoms with Gasteiger partial charge in [-0.1, -0.05) is 23.9 Å². The highest BCUT2D eigenvalue weighted by Crippen LogP contribution is 2.62. The first kappa shape index (κ1) is 35.2. The predicted octanol–water partition coefficient (Wildman–Crippen LogP) is 8.93. The fourth-order valence-electron chi connectivity index (χ4n) is 3.53. The summed E-state index contributed by atoms with van der Waals surface area (Å²) in [5, 5.41) is 0. The van der Waals surface area contributed by atoms with Crippen LogP contribution in [0.1, 0.15) is 10.4 Å². The Morgan fingerprint density at radius 1 is 0.545 bits per heavy atom. The van der Waals surface area contributed by atoms with Crippen molar-refractivity contribution in [3.63, 3.8) is 0 Å². The van der Waals surface area contributed by atoms with E-state index in [0.29, 0.717) is 17.8 Å². The molecule has 0 N–H and O–H groups in total. The molecule has 0 aromatic heterocycles. The van der Waals surface area contributed by atoms with E-state index in [-0.39, 0.29) is 21.9 Å². The highest BCUT2D eigenvalue weighted by Gasteiger charge is 2.94. The van der Waals surface area contributed by atoms with E-state index in [1.165, 1.54) is 6.07 Å². The summed E-state index contributed by atoms with van der Waals surface area (Å²) in [6.07, 6.45) is -13.6. The van der Waals surface area contributed by atoms with Crippen molar-refractivity contribution in [2.24, 2.45) is 0 Å². The normalized spacial score (nSPS) is 15.5. The van der Waals surface area contributed by atoms with Gasteiger partial charge in [-0.3, -0.25) is 14.5 Å². The standard InChI is InChI=1S/C22H7F18NO2S/c23-15(24,17(28,29)18(30,31)19(32,33)20(34,35)21(36,37)22(38,39)40)13(42)8-5-6-12-10(7-8)41(14(43)16(25,26)27)9-3-1-2-4-11(9)44-12/h1-7H. The highest BCUT2D eigenvalue weighted by molar-refractivity contribution is 7.99. The molecule has 22 heteroatoms. The minimum atomic E-state index is -8.64. The minimum Gasteiger partial charge on any atom is -0.287 e. The Bertz CT molecular complexity index is 1480. The number of benzene rings is 2. The predicted molar refractivity (Wildman–Crippen MR) is 110 cm³/mol. The largest absolute Gasteiger partial charge is 0.472 e. The maximum absolute atomic E-state index is 14.5. The molecular weight excluding hydrogens is 684 g/mol. The summed E-state index contributed by atoms with van der Waals surface area (Å²) in [5.74, 6) is -56.0. The van der Waals surface area contributed by atoms with Crippen LogP contribution in [0.15, 0.2) is 52.3 Å². The first-order valence-electron chi connectivity index (χ1n) is 10.7. The van der Waals surface area contributed by atoms with Gasteiger partial charge in [0, 0.05) is 15.4 Å². The molecule has 1 aliphatic heterocycles. The highest BCUT2D eigenvalue weighted by atomic mass is 32.2. The molecule has 0 saturated heterocycles. The third-order valence-corrected chi connectivity index (χ3v) is 6.98. The number of halogens is 18. The molecule has 2 aromatic rings. The summed E-state index contributed by atoms with van der Waals surface area (Å²) < 4.78 is 242. The van der Waals surface area contributed by atoms with E-state index >= 15 is 0 Å². The third kappa shape index (κ3) is 4.82. The van der Waals surface area contributed by atoms with Gasteiger partial charge in [-0.25, -0.2) is 0 Å². The van der Waals surface area contributed by atoms with E-state index in [2.05, 4.69) is 0 Å². The summed E-state index contributed by atoms with van der Waals surface area (Å²) in [6, 6.07) is 4.49. The molecular formula is C22H7F18NO2S. The zero-order valence-corrected chi connectivity index (χ0v) is 20.8. The second kappa shape index (κ2) is 10.1. The van der Waals surface area contributed by atoms with Crippen LogP contribution in [0.5, 0.6) is 0 Å². The lowest BCUT2D eigenvalue weighted by Gasteiger charge is -2.41. The Hall–Kier alpha value is -3.33. The monoisotopic (exact) mass is 691 g/mol. The van der Waals surface area contributed by atoms with Crippen molar-refractivity contribution >= 4 is 34.8 Å². The lowest BCUT2D eigenvalue weighted by atomic mass is 9.88. The van der Waals surface area contributed by atoms with Gasteiger partial charge in [-0.15, -0.1) is 0 Å². The van der Waals surface area contributed by atoms with Crippen molar-refractivity contribution in [3.05, 3.63) is 48.0 Å². The van der Waals surface area contributed by atoms with Gasteiger partial charge in [-0.05, 0) is 30.3 Å². The molecule has 0 unspecified atom stereocenters. The number of hydrogen-bond donors (Lipinski definition) is 0. The molecule has 0 bridgehead atoms. The van der Waals surface area contributed by atoms with Crippen LogP contribution < -0.4 is 4.90 Å². The van der Waals surface area contributed by atoms with Gasteiger partial charge in [0.05, 0.1) is 11.4 Å². The maximum Gasteiger partial charge on any atom is 0.472 e. The smallest absolute Gasteiger partial charge is 0.287 e. The van der Waals surface area contributed by atoms with Crippen LogP contribution in [0.2, 0.25) is 0 Å². The number of carbonyl (C=O) groups excluding carboxylic acids is 2. The molecule has 0 spiro atoms. The van der Waals surface area contributed by atoms with Crippen LogP contribution in [0, 0.1) is 0 Å². The number of carbonyl (C=O) groups is 2. The van der Waals surface area contributed by atoms with Gasteiger partial charge in [0.1, 0.15) is 0 Å². The first-order valence-corrected chi connectivity index (χ1v) is 11.5. The second-order valence-corrected chi connectivity index (χ2v) is 9.75. The number of fused-ring (bicyclic) bond motifs is 2. The van der Waals surface area contributed by atoms with Crippen LogP contribution in [-0.2, 0) is 4.79 Å². The molecule has 1 heterocycles. The first-order chi connectivity index (χ1) is 19.5. The molecule has 0 atom stereocenters. The van der Waals surface area contributed by atoms with Crippen LogP contribution >= 0.6 is 11.8 Å². The molecule has 0 fully saturated rings. The number of Topliss-reactive ketones (excluding diaryl/α,β-unsaturated/α-hetero) is 1. The van der Waals surface area contributed by atoms with Crippen molar-refractivity contribution in [2.45, 2.75) is 57.7 Å². The minimum absolute atomic E-state index is 0.0189. The van der Waals surface area contributed by atoms with Gasteiger partial charge in [0.2, 0.25) is 5.78 Å². The summed E-state index contributed by atoms with van der Waals surface area (Å²) >= 11 is 0.489. The van der Waals surface area contributed by atoms with Gasteiger partial charge < -0.3 is 0 Å².